The maximum absolute atomic E-state index is 12.5. The predicted octanol–water partition coefficient (Wildman–Crippen LogP) is 2.26. The summed E-state index contributed by atoms with van der Waals surface area (Å²) < 4.78 is 37.5. The third kappa shape index (κ3) is 5.74. The highest BCUT2D eigenvalue weighted by molar-refractivity contribution is 5.78. The SMILES string of the molecule is O=C(CCCN1CCCC1=O)NC[C@H](O)c1ccc(C(F)(F)F)cc1. The average molecular weight is 358 g/mol. The molecule has 0 radical (unpaired) electrons. The van der Waals surface area contributed by atoms with E-state index < -0.39 is 17.8 Å². The van der Waals surface area contributed by atoms with Gasteiger partial charge in [0.1, 0.15) is 0 Å². The molecule has 0 bridgehead atoms. The van der Waals surface area contributed by atoms with Crippen LogP contribution in [-0.2, 0) is 15.8 Å². The highest BCUT2D eigenvalue weighted by Crippen LogP contribution is 2.29. The van der Waals surface area contributed by atoms with Gasteiger partial charge in [0.2, 0.25) is 11.8 Å². The number of alkyl halides is 3. The van der Waals surface area contributed by atoms with E-state index in [1.54, 1.807) is 4.90 Å². The number of hydrogen-bond acceptors (Lipinski definition) is 3. The Hall–Kier alpha value is -2.09. The first kappa shape index (κ1) is 19.2. The number of rotatable bonds is 7. The van der Waals surface area contributed by atoms with Crippen LogP contribution >= 0.6 is 0 Å². The van der Waals surface area contributed by atoms with Gasteiger partial charge in [-0.15, -0.1) is 0 Å². The Kier molecular flexibility index (Phi) is 6.41. The number of aliphatic hydroxyl groups is 1. The van der Waals surface area contributed by atoms with Gasteiger partial charge in [0.25, 0.3) is 0 Å². The van der Waals surface area contributed by atoms with E-state index in [9.17, 15) is 27.9 Å². The minimum atomic E-state index is -4.42. The number of likely N-dealkylation sites (tertiary alicyclic amines) is 1. The topological polar surface area (TPSA) is 69.6 Å². The summed E-state index contributed by atoms with van der Waals surface area (Å²) in [5, 5.41) is 12.5. The molecule has 0 aliphatic carbocycles. The van der Waals surface area contributed by atoms with Gasteiger partial charge in [-0.1, -0.05) is 12.1 Å². The van der Waals surface area contributed by atoms with Gasteiger partial charge in [0, 0.05) is 32.5 Å². The molecule has 138 valence electrons. The summed E-state index contributed by atoms with van der Waals surface area (Å²) in [6.07, 6.45) is -3.33. The molecule has 1 saturated heterocycles. The lowest BCUT2D eigenvalue weighted by Crippen LogP contribution is -2.30. The smallest absolute Gasteiger partial charge is 0.387 e. The number of carbonyl (C=O) groups is 2. The monoisotopic (exact) mass is 358 g/mol. The zero-order valence-corrected chi connectivity index (χ0v) is 13.7. The third-order valence-electron chi connectivity index (χ3n) is 4.12. The molecule has 0 aromatic heterocycles. The van der Waals surface area contributed by atoms with Crippen molar-refractivity contribution in [3.05, 3.63) is 35.4 Å². The van der Waals surface area contributed by atoms with Crippen LogP contribution in [0.4, 0.5) is 13.2 Å². The van der Waals surface area contributed by atoms with Crippen LogP contribution < -0.4 is 5.32 Å². The fourth-order valence-corrected chi connectivity index (χ4v) is 2.68. The van der Waals surface area contributed by atoms with Crippen LogP contribution in [0.25, 0.3) is 0 Å². The first-order valence-electron chi connectivity index (χ1n) is 8.17. The lowest BCUT2D eigenvalue weighted by molar-refractivity contribution is -0.137. The van der Waals surface area contributed by atoms with Crippen LogP contribution in [0, 0.1) is 0 Å². The molecule has 5 nitrogen and oxygen atoms in total. The Morgan fingerprint density at radius 2 is 1.96 bits per heavy atom. The maximum Gasteiger partial charge on any atom is 0.416 e. The van der Waals surface area contributed by atoms with Gasteiger partial charge in [0.05, 0.1) is 11.7 Å². The van der Waals surface area contributed by atoms with Crippen molar-refractivity contribution < 1.29 is 27.9 Å². The molecule has 25 heavy (non-hydrogen) atoms. The van der Waals surface area contributed by atoms with Crippen molar-refractivity contribution in [2.24, 2.45) is 0 Å². The first-order chi connectivity index (χ1) is 11.8. The third-order valence-corrected chi connectivity index (χ3v) is 4.12. The molecule has 0 unspecified atom stereocenters. The van der Waals surface area contributed by atoms with E-state index >= 15 is 0 Å². The Morgan fingerprint density at radius 1 is 1.28 bits per heavy atom. The number of hydrogen-bond donors (Lipinski definition) is 2. The summed E-state index contributed by atoms with van der Waals surface area (Å²) in [4.78, 5) is 24.9. The first-order valence-corrected chi connectivity index (χ1v) is 8.17. The largest absolute Gasteiger partial charge is 0.416 e. The Labute approximate surface area is 143 Å². The Morgan fingerprint density at radius 3 is 2.52 bits per heavy atom. The van der Waals surface area contributed by atoms with Crippen LogP contribution in [0.15, 0.2) is 24.3 Å². The summed E-state index contributed by atoms with van der Waals surface area (Å²) >= 11 is 0. The molecule has 2 N–H and O–H groups in total. The predicted molar refractivity (Wildman–Crippen MR) is 84.5 cm³/mol. The van der Waals surface area contributed by atoms with E-state index in [1.807, 2.05) is 0 Å². The van der Waals surface area contributed by atoms with Gasteiger partial charge < -0.3 is 15.3 Å². The molecule has 1 aliphatic heterocycles. The maximum atomic E-state index is 12.5. The van der Waals surface area contributed by atoms with Gasteiger partial charge in [-0.25, -0.2) is 0 Å². The molecule has 1 atom stereocenters. The molecule has 2 amide bonds. The highest BCUT2D eigenvalue weighted by Gasteiger charge is 2.30. The molecule has 1 aromatic carbocycles. The van der Waals surface area contributed by atoms with Crippen LogP contribution in [0.1, 0.15) is 42.9 Å². The lowest BCUT2D eigenvalue weighted by atomic mass is 10.1. The second kappa shape index (κ2) is 8.33. The van der Waals surface area contributed by atoms with E-state index in [-0.39, 0.29) is 24.8 Å². The molecule has 8 heteroatoms. The molecule has 2 rings (SSSR count). The van der Waals surface area contributed by atoms with Crippen molar-refractivity contribution in [1.82, 2.24) is 10.2 Å². The zero-order chi connectivity index (χ0) is 18.4. The number of amides is 2. The minimum Gasteiger partial charge on any atom is -0.387 e. The van der Waals surface area contributed by atoms with E-state index in [2.05, 4.69) is 5.32 Å². The van der Waals surface area contributed by atoms with Crippen molar-refractivity contribution in [2.45, 2.75) is 38.0 Å². The normalized spacial score (nSPS) is 16.2. The highest BCUT2D eigenvalue weighted by atomic mass is 19.4. The van der Waals surface area contributed by atoms with Crippen molar-refractivity contribution in [1.29, 1.82) is 0 Å². The fraction of sp³-hybridized carbons (Fsp3) is 0.529. The molecular formula is C17H21F3N2O3. The number of halogens is 3. The van der Waals surface area contributed by atoms with Crippen LogP contribution in [-0.4, -0.2) is 41.5 Å². The van der Waals surface area contributed by atoms with Gasteiger partial charge in [-0.3, -0.25) is 9.59 Å². The number of nitrogens with zero attached hydrogens (tertiary/aromatic N) is 1. The zero-order valence-electron chi connectivity index (χ0n) is 13.7. The molecule has 0 saturated carbocycles. The second-order valence-electron chi connectivity index (χ2n) is 6.03. The van der Waals surface area contributed by atoms with Crippen LogP contribution in [0.3, 0.4) is 0 Å². The van der Waals surface area contributed by atoms with Gasteiger partial charge >= 0.3 is 6.18 Å². The standard InChI is InChI=1S/C17H21F3N2O3/c18-17(19,20)13-7-5-12(6-8-13)14(23)11-21-15(24)3-1-9-22-10-2-4-16(22)25/h5-8,14,23H,1-4,9-11H2,(H,21,24)/t14-/m0/s1. The van der Waals surface area contributed by atoms with Crippen LogP contribution in [0.5, 0.6) is 0 Å². The van der Waals surface area contributed by atoms with Crippen molar-refractivity contribution in [3.63, 3.8) is 0 Å². The Balaban J connectivity index is 1.70. The second-order valence-corrected chi connectivity index (χ2v) is 6.03. The summed E-state index contributed by atoms with van der Waals surface area (Å²) in [6.45, 7) is 1.19. The fourth-order valence-electron chi connectivity index (χ4n) is 2.68. The van der Waals surface area contributed by atoms with E-state index in [4.69, 9.17) is 0 Å². The van der Waals surface area contributed by atoms with E-state index in [1.165, 1.54) is 12.1 Å². The number of aliphatic hydroxyl groups excluding tert-OH is 1. The van der Waals surface area contributed by atoms with Gasteiger partial charge in [-0.05, 0) is 30.5 Å². The number of nitrogens with one attached hydrogen (secondary N) is 1. The summed E-state index contributed by atoms with van der Waals surface area (Å²) in [6, 6.07) is 4.18. The van der Waals surface area contributed by atoms with E-state index in [0.717, 1.165) is 25.1 Å². The molecule has 1 heterocycles. The number of carbonyl (C=O) groups excluding carboxylic acids is 2. The molecule has 0 spiro atoms. The van der Waals surface area contributed by atoms with E-state index in [0.29, 0.717) is 24.9 Å². The Bertz CT molecular complexity index is 602. The lowest BCUT2D eigenvalue weighted by Gasteiger charge is -2.16. The molecule has 1 aromatic rings. The number of benzene rings is 1. The summed E-state index contributed by atoms with van der Waals surface area (Å²) in [5.74, 6) is -0.157. The van der Waals surface area contributed by atoms with Gasteiger partial charge in [-0.2, -0.15) is 13.2 Å². The van der Waals surface area contributed by atoms with Gasteiger partial charge in [0.15, 0.2) is 0 Å². The van der Waals surface area contributed by atoms with Crippen LogP contribution in [0.2, 0.25) is 0 Å². The quantitative estimate of drug-likeness (QED) is 0.786. The summed E-state index contributed by atoms with van der Waals surface area (Å²) in [7, 11) is 0. The average Bonchev–Trinajstić information content (AvgIpc) is 2.97. The molecule has 1 fully saturated rings. The van der Waals surface area contributed by atoms with Crippen molar-refractivity contribution in [2.75, 3.05) is 19.6 Å². The van der Waals surface area contributed by atoms with Crippen molar-refractivity contribution in [3.8, 4) is 0 Å². The summed E-state index contributed by atoms with van der Waals surface area (Å²) in [5.41, 5.74) is -0.486. The molecule has 1 aliphatic rings. The van der Waals surface area contributed by atoms with Crippen molar-refractivity contribution >= 4 is 11.8 Å². The molecular weight excluding hydrogens is 337 g/mol. The minimum absolute atomic E-state index is 0.0765.